The van der Waals surface area contributed by atoms with Gasteiger partial charge in [0.1, 0.15) is 0 Å². The molecule has 1 N–H and O–H groups in total. The molecule has 2 atom stereocenters. The predicted molar refractivity (Wildman–Crippen MR) is 89.7 cm³/mol. The monoisotopic (exact) mass is 289 g/mol. The highest BCUT2D eigenvalue weighted by molar-refractivity contribution is 5.29. The van der Waals surface area contributed by atoms with Crippen LogP contribution in [0.4, 0.5) is 0 Å². The van der Waals surface area contributed by atoms with E-state index in [4.69, 9.17) is 4.74 Å². The average molecular weight is 289 g/mol. The van der Waals surface area contributed by atoms with Crippen molar-refractivity contribution >= 4 is 0 Å². The molecule has 2 nitrogen and oxygen atoms in total. The third-order valence-electron chi connectivity index (χ3n) is 4.76. The van der Waals surface area contributed by atoms with E-state index in [9.17, 15) is 0 Å². The van der Waals surface area contributed by atoms with Gasteiger partial charge >= 0.3 is 0 Å². The molecule has 118 valence electrons. The van der Waals surface area contributed by atoms with Crippen LogP contribution in [-0.2, 0) is 10.2 Å². The van der Waals surface area contributed by atoms with E-state index in [1.165, 1.54) is 24.0 Å². The second-order valence-electron chi connectivity index (χ2n) is 7.50. The van der Waals surface area contributed by atoms with Crippen molar-refractivity contribution in [1.82, 2.24) is 5.32 Å². The van der Waals surface area contributed by atoms with Gasteiger partial charge in [0.05, 0.1) is 0 Å². The van der Waals surface area contributed by atoms with Gasteiger partial charge in [0, 0.05) is 25.3 Å². The van der Waals surface area contributed by atoms with Crippen LogP contribution in [0.3, 0.4) is 0 Å². The molecule has 0 aliphatic carbocycles. The van der Waals surface area contributed by atoms with E-state index in [-0.39, 0.29) is 5.41 Å². The summed E-state index contributed by atoms with van der Waals surface area (Å²) in [7, 11) is 0. The Morgan fingerprint density at radius 1 is 1.05 bits per heavy atom. The number of ether oxygens (including phenoxy) is 1. The molecule has 1 aromatic carbocycles. The third kappa shape index (κ3) is 4.55. The van der Waals surface area contributed by atoms with E-state index in [0.717, 1.165) is 19.1 Å². The first-order chi connectivity index (χ1) is 9.88. The van der Waals surface area contributed by atoms with Gasteiger partial charge in [-0.25, -0.2) is 0 Å². The van der Waals surface area contributed by atoms with Crippen molar-refractivity contribution in [1.29, 1.82) is 0 Å². The van der Waals surface area contributed by atoms with Crippen molar-refractivity contribution in [2.75, 3.05) is 13.2 Å². The first-order valence-corrected chi connectivity index (χ1v) is 8.32. The van der Waals surface area contributed by atoms with E-state index in [2.05, 4.69) is 64.2 Å². The quantitative estimate of drug-likeness (QED) is 0.884. The highest BCUT2D eigenvalue weighted by Crippen LogP contribution is 2.25. The smallest absolute Gasteiger partial charge is 0.0469 e. The average Bonchev–Trinajstić information content (AvgIpc) is 2.47. The Hall–Kier alpha value is -0.860. The maximum Gasteiger partial charge on any atom is 0.0469 e. The fourth-order valence-corrected chi connectivity index (χ4v) is 3.11. The summed E-state index contributed by atoms with van der Waals surface area (Å²) in [5.74, 6) is 0.745. The van der Waals surface area contributed by atoms with E-state index in [0.29, 0.717) is 12.1 Å². The molecular formula is C19H31NO. The lowest BCUT2D eigenvalue weighted by Crippen LogP contribution is -2.38. The molecule has 0 radical (unpaired) electrons. The number of rotatable bonds is 4. The molecule has 0 saturated carbocycles. The highest BCUT2D eigenvalue weighted by atomic mass is 16.5. The normalized spacial score (nSPS) is 20.2. The Bertz CT molecular complexity index is 426. The standard InChI is InChI=1S/C19H31NO/c1-14(20-15(2)17-10-12-21-13-11-17)16-6-8-18(9-7-16)19(3,4)5/h6-9,14-15,17,20H,10-13H2,1-5H3. The predicted octanol–water partition coefficient (Wildman–Crippen LogP) is 4.45. The Balaban J connectivity index is 1.94. The summed E-state index contributed by atoms with van der Waals surface area (Å²) in [5, 5.41) is 3.77. The molecule has 0 amide bonds. The van der Waals surface area contributed by atoms with Crippen LogP contribution in [0.5, 0.6) is 0 Å². The van der Waals surface area contributed by atoms with Crippen LogP contribution in [-0.4, -0.2) is 19.3 Å². The number of benzene rings is 1. The summed E-state index contributed by atoms with van der Waals surface area (Å²) in [4.78, 5) is 0. The zero-order chi connectivity index (χ0) is 15.5. The number of hydrogen-bond donors (Lipinski definition) is 1. The van der Waals surface area contributed by atoms with E-state index in [1.54, 1.807) is 0 Å². The SMILES string of the molecule is CC(NC(C)C1CCOCC1)c1ccc(C(C)(C)C)cc1. The lowest BCUT2D eigenvalue weighted by atomic mass is 9.86. The second-order valence-corrected chi connectivity index (χ2v) is 7.50. The number of nitrogens with one attached hydrogen (secondary N) is 1. The summed E-state index contributed by atoms with van der Waals surface area (Å²) in [6.07, 6.45) is 2.37. The topological polar surface area (TPSA) is 21.3 Å². The number of hydrogen-bond acceptors (Lipinski definition) is 2. The minimum Gasteiger partial charge on any atom is -0.381 e. The van der Waals surface area contributed by atoms with Gasteiger partial charge in [0.15, 0.2) is 0 Å². The summed E-state index contributed by atoms with van der Waals surface area (Å²) in [6.45, 7) is 13.2. The molecule has 2 unspecified atom stereocenters. The molecule has 2 rings (SSSR count). The van der Waals surface area contributed by atoms with Crippen LogP contribution in [0.2, 0.25) is 0 Å². The van der Waals surface area contributed by atoms with Gasteiger partial charge in [0.25, 0.3) is 0 Å². The first kappa shape index (κ1) is 16.5. The summed E-state index contributed by atoms with van der Waals surface area (Å²) < 4.78 is 5.46. The summed E-state index contributed by atoms with van der Waals surface area (Å²) >= 11 is 0. The van der Waals surface area contributed by atoms with Crippen LogP contribution in [0.25, 0.3) is 0 Å². The van der Waals surface area contributed by atoms with Crippen molar-refractivity contribution in [3.8, 4) is 0 Å². The van der Waals surface area contributed by atoms with Crippen LogP contribution >= 0.6 is 0 Å². The van der Waals surface area contributed by atoms with Crippen molar-refractivity contribution in [2.45, 2.75) is 65.0 Å². The maximum atomic E-state index is 5.46. The zero-order valence-electron chi connectivity index (χ0n) is 14.3. The second kappa shape index (κ2) is 6.93. The lowest BCUT2D eigenvalue weighted by Gasteiger charge is -2.31. The van der Waals surface area contributed by atoms with Crippen LogP contribution in [0, 0.1) is 5.92 Å². The van der Waals surface area contributed by atoms with Gasteiger partial charge in [-0.2, -0.15) is 0 Å². The highest BCUT2D eigenvalue weighted by Gasteiger charge is 2.22. The van der Waals surface area contributed by atoms with Gasteiger partial charge in [-0.05, 0) is 49.1 Å². The van der Waals surface area contributed by atoms with Crippen LogP contribution in [0.1, 0.15) is 64.6 Å². The van der Waals surface area contributed by atoms with E-state index >= 15 is 0 Å². The first-order valence-electron chi connectivity index (χ1n) is 8.32. The fourth-order valence-electron chi connectivity index (χ4n) is 3.11. The van der Waals surface area contributed by atoms with Gasteiger partial charge in [-0.3, -0.25) is 0 Å². The third-order valence-corrected chi connectivity index (χ3v) is 4.76. The van der Waals surface area contributed by atoms with Crippen molar-refractivity contribution in [2.24, 2.45) is 5.92 Å². The molecule has 2 heteroatoms. The Morgan fingerprint density at radius 3 is 2.14 bits per heavy atom. The van der Waals surface area contributed by atoms with Gasteiger partial charge < -0.3 is 10.1 Å². The molecule has 1 saturated heterocycles. The molecule has 1 aromatic rings. The Kier molecular flexibility index (Phi) is 5.45. The molecule has 1 aliphatic rings. The van der Waals surface area contributed by atoms with Crippen LogP contribution in [0.15, 0.2) is 24.3 Å². The molecule has 0 bridgehead atoms. The molecular weight excluding hydrogens is 258 g/mol. The summed E-state index contributed by atoms with van der Waals surface area (Å²) in [5.41, 5.74) is 3.00. The minimum absolute atomic E-state index is 0.227. The van der Waals surface area contributed by atoms with Gasteiger partial charge in [0.2, 0.25) is 0 Å². The Labute approximate surface area is 130 Å². The van der Waals surface area contributed by atoms with Crippen molar-refractivity contribution < 1.29 is 4.74 Å². The van der Waals surface area contributed by atoms with E-state index < -0.39 is 0 Å². The lowest BCUT2D eigenvalue weighted by molar-refractivity contribution is 0.0547. The molecule has 0 spiro atoms. The molecule has 21 heavy (non-hydrogen) atoms. The molecule has 1 fully saturated rings. The molecule has 0 aromatic heterocycles. The maximum absolute atomic E-state index is 5.46. The van der Waals surface area contributed by atoms with E-state index in [1.807, 2.05) is 0 Å². The van der Waals surface area contributed by atoms with Crippen molar-refractivity contribution in [3.63, 3.8) is 0 Å². The van der Waals surface area contributed by atoms with Crippen molar-refractivity contribution in [3.05, 3.63) is 35.4 Å². The fraction of sp³-hybridized carbons (Fsp3) is 0.684. The Morgan fingerprint density at radius 2 is 1.62 bits per heavy atom. The largest absolute Gasteiger partial charge is 0.381 e. The summed E-state index contributed by atoms with van der Waals surface area (Å²) in [6, 6.07) is 10.0. The van der Waals surface area contributed by atoms with Gasteiger partial charge in [-0.1, -0.05) is 45.0 Å². The minimum atomic E-state index is 0.227. The molecule has 1 heterocycles. The zero-order valence-corrected chi connectivity index (χ0v) is 14.3. The van der Waals surface area contributed by atoms with Gasteiger partial charge in [-0.15, -0.1) is 0 Å². The molecule has 1 aliphatic heterocycles. The van der Waals surface area contributed by atoms with Crippen LogP contribution < -0.4 is 5.32 Å².